The Morgan fingerprint density at radius 3 is 1.45 bits per heavy atom. The summed E-state index contributed by atoms with van der Waals surface area (Å²) < 4.78 is -0.417. The Morgan fingerprint density at radius 1 is 0.690 bits per heavy atom. The number of unbranched alkanes of at least 4 members (excludes halogenated alkanes) is 4. The maximum atomic E-state index is 12.1. The average Bonchev–Trinajstić information content (AvgIpc) is 2.64. The number of hydrogen-bond acceptors (Lipinski definition) is 3. The summed E-state index contributed by atoms with van der Waals surface area (Å²) in [4.78, 5) is 36.3. The van der Waals surface area contributed by atoms with Crippen molar-refractivity contribution in [3.63, 3.8) is 0 Å². The third-order valence-corrected chi connectivity index (χ3v) is 5.82. The molecule has 168 valence electrons. The van der Waals surface area contributed by atoms with E-state index in [9.17, 15) is 29.7 Å². The molecular weight excluding hydrogens is 374 g/mol. The maximum absolute atomic E-state index is 12.1. The van der Waals surface area contributed by atoms with E-state index in [2.05, 4.69) is 19.1 Å². The van der Waals surface area contributed by atoms with E-state index >= 15 is 0 Å². The Labute approximate surface area is 175 Å². The third kappa shape index (κ3) is 7.46. The van der Waals surface area contributed by atoms with Crippen LogP contribution in [-0.4, -0.2) is 62.4 Å². The van der Waals surface area contributed by atoms with E-state index < -0.39 is 40.5 Å². The summed E-state index contributed by atoms with van der Waals surface area (Å²) in [6.07, 6.45) is 10.2. The zero-order chi connectivity index (χ0) is 22.4. The number of carbonyl (C=O) groups is 3. The molecule has 0 radical (unpaired) electrons. The highest BCUT2D eigenvalue weighted by Crippen LogP contribution is 2.32. The van der Waals surface area contributed by atoms with Gasteiger partial charge in [0.25, 0.3) is 0 Å². The van der Waals surface area contributed by atoms with Crippen molar-refractivity contribution in [3.05, 3.63) is 12.2 Å². The van der Waals surface area contributed by atoms with Crippen molar-refractivity contribution in [1.82, 2.24) is 0 Å². The molecule has 0 aliphatic carbocycles. The van der Waals surface area contributed by atoms with Gasteiger partial charge in [0.15, 0.2) is 18.1 Å². The van der Waals surface area contributed by atoms with Crippen LogP contribution in [0.5, 0.6) is 0 Å². The first kappa shape index (κ1) is 27.1. The monoisotopic (exact) mass is 414 g/mol. The van der Waals surface area contributed by atoms with Gasteiger partial charge in [-0.1, -0.05) is 46.3 Å². The molecule has 0 saturated heterocycles. The van der Waals surface area contributed by atoms with Crippen LogP contribution in [0.4, 0.5) is 0 Å². The summed E-state index contributed by atoms with van der Waals surface area (Å²) in [6.45, 7) is 7.39. The van der Waals surface area contributed by atoms with E-state index in [1.807, 2.05) is 0 Å². The van der Waals surface area contributed by atoms with E-state index in [0.717, 1.165) is 32.1 Å². The molecule has 0 bridgehead atoms. The maximum Gasteiger partial charge on any atom is 0.362 e. The van der Waals surface area contributed by atoms with Crippen LogP contribution < -0.4 is 0 Å². The zero-order valence-corrected chi connectivity index (χ0v) is 18.5. The molecule has 0 heterocycles. The number of quaternary nitrogens is 1. The molecule has 3 unspecified atom stereocenters. The summed E-state index contributed by atoms with van der Waals surface area (Å²) in [5.74, 6) is -3.38. The van der Waals surface area contributed by atoms with Gasteiger partial charge in [0, 0.05) is 19.3 Å². The molecule has 0 aliphatic rings. The van der Waals surface area contributed by atoms with E-state index in [0.29, 0.717) is 6.42 Å². The van der Waals surface area contributed by atoms with E-state index in [1.54, 1.807) is 20.8 Å². The molecule has 29 heavy (non-hydrogen) atoms. The molecule has 0 saturated carbocycles. The summed E-state index contributed by atoms with van der Waals surface area (Å²) >= 11 is 0. The molecule has 0 amide bonds. The lowest BCUT2D eigenvalue weighted by Crippen LogP contribution is -2.72. The fraction of sp³-hybridized carbons (Fsp3) is 0.773. The van der Waals surface area contributed by atoms with Gasteiger partial charge in [-0.3, -0.25) is 4.48 Å². The molecule has 7 nitrogen and oxygen atoms in total. The second kappa shape index (κ2) is 14.1. The predicted molar refractivity (Wildman–Crippen MR) is 113 cm³/mol. The highest BCUT2D eigenvalue weighted by Gasteiger charge is 2.55. The number of rotatable bonds is 17. The molecule has 0 rings (SSSR count). The lowest BCUT2D eigenvalue weighted by Gasteiger charge is -2.49. The van der Waals surface area contributed by atoms with Gasteiger partial charge in [-0.2, -0.15) is 0 Å². The first-order valence-corrected chi connectivity index (χ1v) is 10.9. The van der Waals surface area contributed by atoms with Gasteiger partial charge in [0.2, 0.25) is 0 Å². The number of allylic oxidation sites excluding steroid dienone is 2. The number of carboxylic acid groups (broad SMARTS) is 3. The summed E-state index contributed by atoms with van der Waals surface area (Å²) in [6, 6.07) is -3.20. The van der Waals surface area contributed by atoms with Gasteiger partial charge in [-0.25, -0.2) is 14.4 Å². The number of nitrogens with zero attached hydrogens (tertiary/aromatic N) is 1. The summed E-state index contributed by atoms with van der Waals surface area (Å²) in [5.41, 5.74) is 0. The van der Waals surface area contributed by atoms with Crippen molar-refractivity contribution >= 4 is 17.9 Å². The summed E-state index contributed by atoms with van der Waals surface area (Å²) in [5, 5.41) is 29.6. The highest BCUT2D eigenvalue weighted by atomic mass is 16.4. The van der Waals surface area contributed by atoms with Crippen LogP contribution in [0.2, 0.25) is 0 Å². The first-order valence-electron chi connectivity index (χ1n) is 10.9. The minimum atomic E-state index is -1.13. The molecule has 0 aromatic carbocycles. The van der Waals surface area contributed by atoms with Gasteiger partial charge in [-0.05, 0) is 32.1 Å². The summed E-state index contributed by atoms with van der Waals surface area (Å²) in [7, 11) is 0. The van der Waals surface area contributed by atoms with Crippen LogP contribution >= 0.6 is 0 Å². The van der Waals surface area contributed by atoms with Crippen molar-refractivity contribution in [2.24, 2.45) is 0 Å². The Hall–Kier alpha value is -1.89. The molecule has 7 heteroatoms. The van der Waals surface area contributed by atoms with E-state index in [4.69, 9.17) is 0 Å². The fourth-order valence-corrected chi connectivity index (χ4v) is 4.57. The Kier molecular flexibility index (Phi) is 13.2. The first-order chi connectivity index (χ1) is 13.7. The molecular formula is C22H40NO6+. The Morgan fingerprint density at radius 2 is 1.10 bits per heavy atom. The van der Waals surface area contributed by atoms with Crippen molar-refractivity contribution in [2.75, 3.05) is 6.54 Å². The second-order valence-electron chi connectivity index (χ2n) is 7.59. The number of aliphatic carboxylic acids is 3. The smallest absolute Gasteiger partial charge is 0.362 e. The van der Waals surface area contributed by atoms with Crippen molar-refractivity contribution < 1.29 is 34.2 Å². The molecule has 3 atom stereocenters. The molecule has 0 spiro atoms. The van der Waals surface area contributed by atoms with Crippen LogP contribution in [-0.2, 0) is 14.4 Å². The normalized spacial score (nSPS) is 16.8. The third-order valence-electron chi connectivity index (χ3n) is 5.82. The Bertz CT molecular complexity index is 490. The highest BCUT2D eigenvalue weighted by molar-refractivity contribution is 5.78. The SMILES string of the molecule is CC/C=C/CCCCCC[N+](C(CC)C(=O)O)(C(CC)C(=O)O)C(CC)C(=O)O. The lowest BCUT2D eigenvalue weighted by atomic mass is 9.94. The number of hydrogen-bond donors (Lipinski definition) is 3. The second-order valence-corrected chi connectivity index (χ2v) is 7.59. The molecule has 0 aliphatic heterocycles. The molecule has 0 fully saturated rings. The number of carboxylic acids is 3. The minimum Gasteiger partial charge on any atom is -0.477 e. The quantitative estimate of drug-likeness (QED) is 0.186. The minimum absolute atomic E-state index is 0.185. The zero-order valence-electron chi connectivity index (χ0n) is 18.5. The van der Waals surface area contributed by atoms with Gasteiger partial charge >= 0.3 is 17.9 Å². The van der Waals surface area contributed by atoms with Crippen molar-refractivity contribution in [3.8, 4) is 0 Å². The predicted octanol–water partition coefficient (Wildman–Crippen LogP) is 4.31. The van der Waals surface area contributed by atoms with Crippen molar-refractivity contribution in [2.45, 2.75) is 104 Å². The standard InChI is InChI=1S/C22H39NO6/c1-5-9-10-11-12-13-14-15-16-23(17(6-2)20(24)25,18(7-3)21(26)27)19(8-4)22(28)29/h9-10,17-19H,5-8,11-16H2,1-4H3,(H2-,24,25,26,27,28,29)/p+1/b10-9+. The van der Waals surface area contributed by atoms with Crippen LogP contribution in [0.3, 0.4) is 0 Å². The Balaban J connectivity index is 5.79. The average molecular weight is 415 g/mol. The van der Waals surface area contributed by atoms with Crippen LogP contribution in [0.1, 0.15) is 85.5 Å². The molecule has 3 N–H and O–H groups in total. The van der Waals surface area contributed by atoms with Crippen LogP contribution in [0, 0.1) is 0 Å². The molecule has 0 aromatic rings. The lowest BCUT2D eigenvalue weighted by molar-refractivity contribution is -0.973. The van der Waals surface area contributed by atoms with E-state index in [1.165, 1.54) is 0 Å². The largest absolute Gasteiger partial charge is 0.477 e. The van der Waals surface area contributed by atoms with Gasteiger partial charge in [0.1, 0.15) is 0 Å². The van der Waals surface area contributed by atoms with Crippen molar-refractivity contribution in [1.29, 1.82) is 0 Å². The van der Waals surface area contributed by atoms with Gasteiger partial charge in [0.05, 0.1) is 6.54 Å². The van der Waals surface area contributed by atoms with E-state index in [-0.39, 0.29) is 25.8 Å². The van der Waals surface area contributed by atoms with Gasteiger partial charge < -0.3 is 15.3 Å². The fourth-order valence-electron chi connectivity index (χ4n) is 4.57. The van der Waals surface area contributed by atoms with Crippen LogP contribution in [0.15, 0.2) is 12.2 Å². The molecule has 0 aromatic heterocycles. The van der Waals surface area contributed by atoms with Crippen LogP contribution in [0.25, 0.3) is 0 Å². The van der Waals surface area contributed by atoms with Gasteiger partial charge in [-0.15, -0.1) is 0 Å². The topological polar surface area (TPSA) is 112 Å².